The molecule has 0 heterocycles. The number of ketones is 1. The maximum absolute atomic E-state index is 13.5. The Morgan fingerprint density at radius 3 is 2.62 bits per heavy atom. The summed E-state index contributed by atoms with van der Waals surface area (Å²) < 4.78 is 18.4. The lowest BCUT2D eigenvalue weighted by molar-refractivity contribution is 0.103. The van der Waals surface area contributed by atoms with Crippen LogP contribution >= 0.6 is 0 Å². The number of carbonyl (C=O) groups is 1. The molecule has 0 amide bonds. The molecular weight excluding hydrogens is 267 g/mol. The van der Waals surface area contributed by atoms with E-state index in [1.54, 1.807) is 0 Å². The lowest BCUT2D eigenvalue weighted by Crippen LogP contribution is -2.14. The monoisotopic (exact) mass is 284 g/mol. The van der Waals surface area contributed by atoms with E-state index in [0.29, 0.717) is 11.5 Å². The highest BCUT2D eigenvalue weighted by atomic mass is 19.1. The van der Waals surface area contributed by atoms with E-state index in [2.05, 4.69) is 0 Å². The van der Waals surface area contributed by atoms with Gasteiger partial charge in [-0.3, -0.25) is 4.79 Å². The normalized spacial score (nSPS) is 14.6. The lowest BCUT2D eigenvalue weighted by atomic mass is 9.77. The Kier molecular flexibility index (Phi) is 3.74. The van der Waals surface area contributed by atoms with Crippen LogP contribution in [0.5, 0.6) is 5.75 Å². The van der Waals surface area contributed by atoms with E-state index in [1.165, 1.54) is 31.7 Å². The van der Waals surface area contributed by atoms with Crippen molar-refractivity contribution in [1.29, 1.82) is 0 Å². The van der Waals surface area contributed by atoms with Crippen LogP contribution < -0.4 is 4.74 Å². The van der Waals surface area contributed by atoms with Gasteiger partial charge in [0, 0.05) is 11.1 Å². The maximum atomic E-state index is 13.5. The molecule has 108 valence electrons. The average molecular weight is 284 g/mol. The molecule has 0 N–H and O–H groups in total. The van der Waals surface area contributed by atoms with Crippen LogP contribution in [0.15, 0.2) is 42.5 Å². The Balaban J connectivity index is 1.99. The van der Waals surface area contributed by atoms with Gasteiger partial charge in [0.15, 0.2) is 17.3 Å². The van der Waals surface area contributed by atoms with Crippen molar-refractivity contribution in [3.8, 4) is 5.75 Å². The van der Waals surface area contributed by atoms with Gasteiger partial charge in [0.25, 0.3) is 0 Å². The molecular formula is C18H17FO2. The first-order chi connectivity index (χ1) is 10.2. The minimum atomic E-state index is -0.457. The summed E-state index contributed by atoms with van der Waals surface area (Å²) in [5.74, 6) is 0.0478. The van der Waals surface area contributed by atoms with Gasteiger partial charge in [-0.1, -0.05) is 30.7 Å². The molecule has 3 rings (SSSR count). The highest BCUT2D eigenvalue weighted by Crippen LogP contribution is 2.38. The molecule has 0 aliphatic heterocycles. The van der Waals surface area contributed by atoms with Crippen molar-refractivity contribution in [2.45, 2.75) is 25.2 Å². The van der Waals surface area contributed by atoms with Gasteiger partial charge in [-0.25, -0.2) is 4.39 Å². The standard InChI is InChI=1S/C18H17FO2/c1-21-17-11-13(9-10-16(17)19)18(20)15-8-3-2-7-14(15)12-5-4-6-12/h2-3,7-12H,4-6H2,1H3. The molecule has 0 radical (unpaired) electrons. The van der Waals surface area contributed by atoms with Crippen molar-refractivity contribution in [1.82, 2.24) is 0 Å². The highest BCUT2D eigenvalue weighted by molar-refractivity contribution is 6.10. The molecule has 0 spiro atoms. The molecule has 0 saturated heterocycles. The fraction of sp³-hybridized carbons (Fsp3) is 0.278. The Hall–Kier alpha value is -2.16. The molecule has 0 bridgehead atoms. The Morgan fingerprint density at radius 2 is 1.95 bits per heavy atom. The smallest absolute Gasteiger partial charge is 0.193 e. The van der Waals surface area contributed by atoms with Crippen LogP contribution in [0, 0.1) is 5.82 Å². The molecule has 2 nitrogen and oxygen atoms in total. The van der Waals surface area contributed by atoms with Crippen molar-refractivity contribution in [3.63, 3.8) is 0 Å². The van der Waals surface area contributed by atoms with Gasteiger partial charge in [0.2, 0.25) is 0 Å². The predicted octanol–water partition coefficient (Wildman–Crippen LogP) is 4.33. The van der Waals surface area contributed by atoms with Crippen molar-refractivity contribution in [2.75, 3.05) is 7.11 Å². The van der Waals surface area contributed by atoms with E-state index in [9.17, 15) is 9.18 Å². The third-order valence-electron chi connectivity index (χ3n) is 4.16. The lowest BCUT2D eigenvalue weighted by Gasteiger charge is -2.27. The van der Waals surface area contributed by atoms with Crippen LogP contribution in [0.25, 0.3) is 0 Å². The van der Waals surface area contributed by atoms with Crippen molar-refractivity contribution >= 4 is 5.78 Å². The quantitative estimate of drug-likeness (QED) is 0.781. The number of methoxy groups -OCH3 is 1. The molecule has 21 heavy (non-hydrogen) atoms. The van der Waals surface area contributed by atoms with Crippen molar-refractivity contribution in [3.05, 3.63) is 65.0 Å². The molecule has 0 unspecified atom stereocenters. The van der Waals surface area contributed by atoms with Gasteiger partial charge in [-0.2, -0.15) is 0 Å². The number of rotatable bonds is 4. The topological polar surface area (TPSA) is 26.3 Å². The summed E-state index contributed by atoms with van der Waals surface area (Å²) in [6.45, 7) is 0. The van der Waals surface area contributed by atoms with E-state index >= 15 is 0 Å². The summed E-state index contributed by atoms with van der Waals surface area (Å²) >= 11 is 0. The van der Waals surface area contributed by atoms with Crippen molar-refractivity contribution < 1.29 is 13.9 Å². The molecule has 0 aromatic heterocycles. The van der Waals surface area contributed by atoms with Crippen molar-refractivity contribution in [2.24, 2.45) is 0 Å². The molecule has 2 aromatic rings. The minimum Gasteiger partial charge on any atom is -0.494 e. The third kappa shape index (κ3) is 2.56. The Morgan fingerprint density at radius 1 is 1.19 bits per heavy atom. The first-order valence-corrected chi connectivity index (χ1v) is 7.18. The molecule has 1 aliphatic carbocycles. The summed E-state index contributed by atoms with van der Waals surface area (Å²) in [5, 5.41) is 0. The van der Waals surface area contributed by atoms with Gasteiger partial charge >= 0.3 is 0 Å². The van der Waals surface area contributed by atoms with Gasteiger partial charge < -0.3 is 4.74 Å². The zero-order valence-electron chi connectivity index (χ0n) is 11.9. The fourth-order valence-electron chi connectivity index (χ4n) is 2.74. The first-order valence-electron chi connectivity index (χ1n) is 7.18. The second-order valence-corrected chi connectivity index (χ2v) is 5.39. The van der Waals surface area contributed by atoms with Gasteiger partial charge in [0.1, 0.15) is 0 Å². The molecule has 1 fully saturated rings. The number of hydrogen-bond acceptors (Lipinski definition) is 2. The first kappa shape index (κ1) is 13.8. The van der Waals surface area contributed by atoms with Crippen LogP contribution in [0.1, 0.15) is 46.7 Å². The van der Waals surface area contributed by atoms with Crippen LogP contribution in [0.2, 0.25) is 0 Å². The van der Waals surface area contributed by atoms with Crippen LogP contribution in [0.4, 0.5) is 4.39 Å². The summed E-state index contributed by atoms with van der Waals surface area (Å²) in [4.78, 5) is 12.7. The maximum Gasteiger partial charge on any atom is 0.193 e. The largest absolute Gasteiger partial charge is 0.494 e. The number of ether oxygens (including phenoxy) is 1. The number of carbonyl (C=O) groups excluding carboxylic acids is 1. The van der Waals surface area contributed by atoms with E-state index in [-0.39, 0.29) is 11.5 Å². The van der Waals surface area contributed by atoms with Gasteiger partial charge in [0.05, 0.1) is 7.11 Å². The zero-order valence-corrected chi connectivity index (χ0v) is 11.9. The summed E-state index contributed by atoms with van der Waals surface area (Å²) in [5.41, 5.74) is 2.29. The Bertz CT molecular complexity index is 675. The predicted molar refractivity (Wildman–Crippen MR) is 79.4 cm³/mol. The molecule has 1 saturated carbocycles. The third-order valence-corrected chi connectivity index (χ3v) is 4.16. The van der Waals surface area contributed by atoms with E-state index in [4.69, 9.17) is 4.74 Å². The molecule has 1 aliphatic rings. The van der Waals surface area contributed by atoms with E-state index in [0.717, 1.165) is 24.0 Å². The zero-order chi connectivity index (χ0) is 14.8. The summed E-state index contributed by atoms with van der Waals surface area (Å²) in [6.07, 6.45) is 3.49. The van der Waals surface area contributed by atoms with E-state index < -0.39 is 5.82 Å². The SMILES string of the molecule is COc1cc(C(=O)c2ccccc2C2CCC2)ccc1F. The second-order valence-electron chi connectivity index (χ2n) is 5.39. The second kappa shape index (κ2) is 5.68. The summed E-state index contributed by atoms with van der Waals surface area (Å²) in [7, 11) is 1.40. The number of benzene rings is 2. The Labute approximate surface area is 123 Å². The van der Waals surface area contributed by atoms with Crippen LogP contribution in [0.3, 0.4) is 0 Å². The molecule has 2 aromatic carbocycles. The van der Waals surface area contributed by atoms with E-state index in [1.807, 2.05) is 24.3 Å². The minimum absolute atomic E-state index is 0.0733. The van der Waals surface area contributed by atoms with Crippen LogP contribution in [-0.4, -0.2) is 12.9 Å². The van der Waals surface area contributed by atoms with Gasteiger partial charge in [-0.05, 0) is 42.5 Å². The number of hydrogen-bond donors (Lipinski definition) is 0. The molecule has 3 heteroatoms. The van der Waals surface area contributed by atoms with Crippen LogP contribution in [-0.2, 0) is 0 Å². The number of halogens is 1. The summed E-state index contributed by atoms with van der Waals surface area (Å²) in [6, 6.07) is 12.0. The fourth-order valence-corrected chi connectivity index (χ4v) is 2.74. The molecule has 0 atom stereocenters. The highest BCUT2D eigenvalue weighted by Gasteiger charge is 2.24. The van der Waals surface area contributed by atoms with Gasteiger partial charge in [-0.15, -0.1) is 0 Å². The average Bonchev–Trinajstić information content (AvgIpc) is 2.46.